The van der Waals surface area contributed by atoms with Gasteiger partial charge in [-0.15, -0.1) is 0 Å². The molecule has 0 aliphatic heterocycles. The van der Waals surface area contributed by atoms with Gasteiger partial charge in [-0.25, -0.2) is 18.2 Å². The van der Waals surface area contributed by atoms with Gasteiger partial charge in [-0.1, -0.05) is 0 Å². The van der Waals surface area contributed by atoms with Gasteiger partial charge in [0.05, 0.1) is 22.8 Å². The lowest BCUT2D eigenvalue weighted by molar-refractivity contribution is 0.0526. The van der Waals surface area contributed by atoms with Gasteiger partial charge in [-0.3, -0.25) is 14.6 Å². The Morgan fingerprint density at radius 1 is 1.22 bits per heavy atom. The molecule has 0 saturated carbocycles. The molecule has 3 aromatic rings. The summed E-state index contributed by atoms with van der Waals surface area (Å²) in [6.07, 6.45) is 0. The number of H-pyrrole nitrogens is 1. The van der Waals surface area contributed by atoms with Gasteiger partial charge in [0.25, 0.3) is 21.4 Å². The second-order valence-corrected chi connectivity index (χ2v) is 7.35. The predicted octanol–water partition coefficient (Wildman–Crippen LogP) is 1.01. The number of aryl methyl sites for hydroxylation is 2. The fourth-order valence-corrected chi connectivity index (χ4v) is 3.54. The van der Waals surface area contributed by atoms with Crippen molar-refractivity contribution in [2.45, 2.75) is 25.7 Å². The van der Waals surface area contributed by atoms with Crippen molar-refractivity contribution in [2.24, 2.45) is 0 Å². The van der Waals surface area contributed by atoms with Gasteiger partial charge >= 0.3 is 5.97 Å². The fraction of sp³-hybridized carbons (Fsp3) is 0.250. The SMILES string of the molecule is CCOC(=O)c1ccc(S(=O)(=O)Nc2c(C)nc3nc(C)[nH]n3c2=O)cc1. The maximum Gasteiger partial charge on any atom is 0.338 e. The molecule has 0 saturated heterocycles. The summed E-state index contributed by atoms with van der Waals surface area (Å²) in [5.41, 5.74) is -0.392. The highest BCUT2D eigenvalue weighted by molar-refractivity contribution is 7.92. The minimum Gasteiger partial charge on any atom is -0.462 e. The van der Waals surface area contributed by atoms with Gasteiger partial charge in [0.15, 0.2) is 0 Å². The Kier molecular flexibility index (Phi) is 4.70. The molecule has 0 spiro atoms. The summed E-state index contributed by atoms with van der Waals surface area (Å²) in [6.45, 7) is 5.05. The molecule has 0 bridgehead atoms. The Labute approximate surface area is 154 Å². The van der Waals surface area contributed by atoms with E-state index in [0.29, 0.717) is 5.82 Å². The van der Waals surface area contributed by atoms with E-state index in [1.807, 2.05) is 0 Å². The zero-order valence-electron chi connectivity index (χ0n) is 14.8. The van der Waals surface area contributed by atoms with Crippen molar-refractivity contribution in [1.29, 1.82) is 0 Å². The van der Waals surface area contributed by atoms with Crippen LogP contribution in [0.5, 0.6) is 0 Å². The second kappa shape index (κ2) is 6.83. The highest BCUT2D eigenvalue weighted by Gasteiger charge is 2.21. The minimum atomic E-state index is -4.06. The normalized spacial score (nSPS) is 11.5. The third-order valence-electron chi connectivity index (χ3n) is 3.70. The van der Waals surface area contributed by atoms with Gasteiger partial charge < -0.3 is 4.74 Å². The molecular weight excluding hydrogens is 374 g/mol. The molecule has 10 nitrogen and oxygen atoms in total. The Balaban J connectivity index is 1.96. The average molecular weight is 391 g/mol. The van der Waals surface area contributed by atoms with E-state index in [4.69, 9.17) is 4.74 Å². The summed E-state index contributed by atoms with van der Waals surface area (Å²) in [5, 5.41) is 2.70. The van der Waals surface area contributed by atoms with Crippen LogP contribution in [0.4, 0.5) is 5.69 Å². The number of benzene rings is 1. The third kappa shape index (κ3) is 3.53. The Hall–Kier alpha value is -3.21. The number of rotatable bonds is 5. The van der Waals surface area contributed by atoms with Crippen molar-refractivity contribution in [3.05, 3.63) is 51.7 Å². The predicted molar refractivity (Wildman–Crippen MR) is 96.3 cm³/mol. The number of nitrogens with zero attached hydrogens (tertiary/aromatic N) is 3. The first kappa shape index (κ1) is 18.6. The van der Waals surface area contributed by atoms with E-state index in [0.717, 1.165) is 4.52 Å². The number of carbonyl (C=O) groups is 1. The highest BCUT2D eigenvalue weighted by Crippen LogP contribution is 2.17. The van der Waals surface area contributed by atoms with Crippen LogP contribution in [0.2, 0.25) is 0 Å². The van der Waals surface area contributed by atoms with Crippen LogP contribution in [0.1, 0.15) is 28.8 Å². The highest BCUT2D eigenvalue weighted by atomic mass is 32.2. The lowest BCUT2D eigenvalue weighted by atomic mass is 10.2. The Bertz CT molecular complexity index is 1180. The summed E-state index contributed by atoms with van der Waals surface area (Å²) < 4.78 is 33.4. The number of fused-ring (bicyclic) bond motifs is 1. The van der Waals surface area contributed by atoms with E-state index in [9.17, 15) is 18.0 Å². The molecule has 142 valence electrons. The molecule has 0 aliphatic rings. The summed E-state index contributed by atoms with van der Waals surface area (Å²) in [6, 6.07) is 5.19. The van der Waals surface area contributed by atoms with Crippen molar-refractivity contribution in [3.8, 4) is 0 Å². The van der Waals surface area contributed by atoms with E-state index in [1.54, 1.807) is 13.8 Å². The lowest BCUT2D eigenvalue weighted by Crippen LogP contribution is -2.25. The first-order valence-corrected chi connectivity index (χ1v) is 9.47. The van der Waals surface area contributed by atoms with Crippen LogP contribution in [0.3, 0.4) is 0 Å². The van der Waals surface area contributed by atoms with Crippen LogP contribution >= 0.6 is 0 Å². The maximum atomic E-state index is 12.6. The molecule has 0 amide bonds. The van der Waals surface area contributed by atoms with Crippen molar-refractivity contribution in [3.63, 3.8) is 0 Å². The minimum absolute atomic E-state index is 0.111. The zero-order chi connectivity index (χ0) is 19.8. The van der Waals surface area contributed by atoms with E-state index in [-0.39, 0.29) is 34.2 Å². The molecule has 27 heavy (non-hydrogen) atoms. The standard InChI is InChI=1S/C16H17N5O5S/c1-4-26-15(23)11-5-7-12(8-6-11)27(24,25)20-13-9(2)17-16-18-10(3)19-21(16)14(13)22/h5-8,20H,4H2,1-3H3,(H,17,18,19). The molecule has 2 heterocycles. The van der Waals surface area contributed by atoms with Crippen LogP contribution in [-0.2, 0) is 14.8 Å². The van der Waals surface area contributed by atoms with E-state index in [2.05, 4.69) is 19.8 Å². The van der Waals surface area contributed by atoms with Crippen LogP contribution in [-0.4, -0.2) is 40.6 Å². The van der Waals surface area contributed by atoms with Crippen molar-refractivity contribution >= 4 is 27.5 Å². The van der Waals surface area contributed by atoms with Gasteiger partial charge in [0.2, 0.25) is 0 Å². The number of esters is 1. The first-order valence-electron chi connectivity index (χ1n) is 7.99. The molecule has 0 aliphatic carbocycles. The number of ether oxygens (including phenoxy) is 1. The largest absolute Gasteiger partial charge is 0.462 e. The smallest absolute Gasteiger partial charge is 0.338 e. The maximum absolute atomic E-state index is 12.6. The first-order chi connectivity index (χ1) is 12.7. The molecule has 11 heteroatoms. The van der Waals surface area contributed by atoms with Crippen molar-refractivity contribution in [1.82, 2.24) is 19.6 Å². The van der Waals surface area contributed by atoms with Crippen molar-refractivity contribution < 1.29 is 17.9 Å². The fourth-order valence-electron chi connectivity index (χ4n) is 2.42. The van der Waals surface area contributed by atoms with Crippen LogP contribution in [0.15, 0.2) is 34.0 Å². The number of aromatic nitrogens is 4. The van der Waals surface area contributed by atoms with Crippen LogP contribution < -0.4 is 10.3 Å². The molecule has 0 unspecified atom stereocenters. The number of carbonyl (C=O) groups excluding carboxylic acids is 1. The molecule has 0 fully saturated rings. The molecule has 0 radical (unpaired) electrons. The number of hydrogen-bond donors (Lipinski definition) is 2. The summed E-state index contributed by atoms with van der Waals surface area (Å²) >= 11 is 0. The quantitative estimate of drug-likeness (QED) is 0.620. The Morgan fingerprint density at radius 3 is 2.52 bits per heavy atom. The number of aromatic amines is 1. The molecule has 3 rings (SSSR count). The number of sulfonamides is 1. The van der Waals surface area contributed by atoms with E-state index >= 15 is 0 Å². The third-order valence-corrected chi connectivity index (χ3v) is 5.07. The topological polar surface area (TPSA) is 136 Å². The monoisotopic (exact) mass is 391 g/mol. The van der Waals surface area contributed by atoms with E-state index < -0.39 is 21.6 Å². The number of nitrogens with one attached hydrogen (secondary N) is 2. The van der Waals surface area contributed by atoms with Gasteiger partial charge in [0, 0.05) is 0 Å². The van der Waals surface area contributed by atoms with E-state index in [1.165, 1.54) is 31.2 Å². The van der Waals surface area contributed by atoms with Crippen LogP contribution in [0.25, 0.3) is 5.78 Å². The number of anilines is 1. The Morgan fingerprint density at radius 2 is 1.89 bits per heavy atom. The van der Waals surface area contributed by atoms with Crippen molar-refractivity contribution in [2.75, 3.05) is 11.3 Å². The summed E-state index contributed by atoms with van der Waals surface area (Å²) in [7, 11) is -4.06. The van der Waals surface area contributed by atoms with Gasteiger partial charge in [-0.05, 0) is 45.0 Å². The van der Waals surface area contributed by atoms with Gasteiger partial charge in [-0.2, -0.15) is 9.50 Å². The average Bonchev–Trinajstić information content (AvgIpc) is 2.99. The molecule has 2 N–H and O–H groups in total. The molecule has 0 atom stereocenters. The summed E-state index contributed by atoms with van der Waals surface area (Å²) in [5.74, 6) is 0.0676. The zero-order valence-corrected chi connectivity index (χ0v) is 15.6. The second-order valence-electron chi connectivity index (χ2n) is 5.67. The summed E-state index contributed by atoms with van der Waals surface area (Å²) in [4.78, 5) is 32.3. The lowest BCUT2D eigenvalue weighted by Gasteiger charge is -2.10. The van der Waals surface area contributed by atoms with Gasteiger partial charge in [0.1, 0.15) is 11.5 Å². The number of hydrogen-bond acceptors (Lipinski definition) is 7. The van der Waals surface area contributed by atoms with Crippen LogP contribution in [0, 0.1) is 13.8 Å². The molecular formula is C16H17N5O5S. The molecule has 2 aromatic heterocycles. The molecule has 1 aromatic carbocycles.